The fourth-order valence-corrected chi connectivity index (χ4v) is 3.09. The van der Waals surface area contributed by atoms with Crippen LogP contribution >= 0.6 is 0 Å². The minimum absolute atomic E-state index is 0.307. The largest absolute Gasteiger partial charge is 0.464 e. The second kappa shape index (κ2) is 6.59. The normalized spacial score (nSPS) is 10.9. The molecule has 130 valence electrons. The maximum atomic E-state index is 12.0. The van der Waals surface area contributed by atoms with Crippen molar-refractivity contribution in [3.05, 3.63) is 57.9 Å². The highest BCUT2D eigenvalue weighted by Gasteiger charge is 2.16. The summed E-state index contributed by atoms with van der Waals surface area (Å²) in [6, 6.07) is 8.03. The van der Waals surface area contributed by atoms with Gasteiger partial charge in [0.25, 0.3) is 0 Å². The summed E-state index contributed by atoms with van der Waals surface area (Å²) in [5.74, 6) is 0.229. The summed E-state index contributed by atoms with van der Waals surface area (Å²) >= 11 is 0. The van der Waals surface area contributed by atoms with Gasteiger partial charge in [0, 0.05) is 17.6 Å². The maximum absolute atomic E-state index is 12.0. The van der Waals surface area contributed by atoms with E-state index in [1.54, 1.807) is 6.07 Å². The fourth-order valence-electron chi connectivity index (χ4n) is 3.09. The molecule has 0 saturated carbocycles. The van der Waals surface area contributed by atoms with Crippen molar-refractivity contribution < 1.29 is 9.53 Å². The summed E-state index contributed by atoms with van der Waals surface area (Å²) in [7, 11) is 1.37. The molecule has 0 atom stereocenters. The van der Waals surface area contributed by atoms with Crippen LogP contribution in [0, 0.1) is 27.7 Å². The SMILES string of the molecule is COC(=O)c1cc2c(C)c(C)[nH]c2c(NCc2c(C)cccc2C)n1. The molecule has 1 aromatic carbocycles. The first-order valence-corrected chi connectivity index (χ1v) is 8.29. The second-order valence-corrected chi connectivity index (χ2v) is 6.37. The van der Waals surface area contributed by atoms with E-state index >= 15 is 0 Å². The molecular weight excluding hydrogens is 314 g/mol. The van der Waals surface area contributed by atoms with E-state index < -0.39 is 5.97 Å². The Morgan fingerprint density at radius 3 is 2.52 bits per heavy atom. The number of rotatable bonds is 4. The van der Waals surface area contributed by atoms with Crippen molar-refractivity contribution in [2.75, 3.05) is 12.4 Å². The number of nitrogens with one attached hydrogen (secondary N) is 2. The van der Waals surface area contributed by atoms with Crippen LogP contribution in [0.25, 0.3) is 10.9 Å². The number of aryl methyl sites for hydroxylation is 4. The number of nitrogens with zero attached hydrogens (tertiary/aromatic N) is 1. The van der Waals surface area contributed by atoms with Gasteiger partial charge in [0.05, 0.1) is 12.6 Å². The zero-order valence-electron chi connectivity index (χ0n) is 15.3. The number of methoxy groups -OCH3 is 1. The van der Waals surface area contributed by atoms with E-state index in [-0.39, 0.29) is 0 Å². The number of hydrogen-bond acceptors (Lipinski definition) is 4. The smallest absolute Gasteiger partial charge is 0.356 e. The Kier molecular flexibility index (Phi) is 4.49. The molecule has 0 aliphatic rings. The van der Waals surface area contributed by atoms with Crippen molar-refractivity contribution in [2.24, 2.45) is 0 Å². The number of hydrogen-bond donors (Lipinski definition) is 2. The van der Waals surface area contributed by atoms with E-state index in [9.17, 15) is 4.79 Å². The van der Waals surface area contributed by atoms with Gasteiger partial charge < -0.3 is 15.0 Å². The predicted molar refractivity (Wildman–Crippen MR) is 100 cm³/mol. The molecule has 0 radical (unpaired) electrons. The Bertz CT molecular complexity index is 937. The quantitative estimate of drug-likeness (QED) is 0.700. The Balaban J connectivity index is 2.05. The highest BCUT2D eigenvalue weighted by atomic mass is 16.5. The van der Waals surface area contributed by atoms with Gasteiger partial charge >= 0.3 is 5.97 Å². The minimum atomic E-state index is -0.435. The number of esters is 1. The molecule has 2 aromatic heterocycles. The third kappa shape index (κ3) is 3.09. The number of anilines is 1. The van der Waals surface area contributed by atoms with Crippen LogP contribution in [0.15, 0.2) is 24.3 Å². The molecule has 25 heavy (non-hydrogen) atoms. The average molecular weight is 337 g/mol. The Morgan fingerprint density at radius 1 is 1.20 bits per heavy atom. The Hall–Kier alpha value is -2.82. The summed E-state index contributed by atoms with van der Waals surface area (Å²) in [5, 5.41) is 4.38. The van der Waals surface area contributed by atoms with E-state index in [0.29, 0.717) is 18.1 Å². The lowest BCUT2D eigenvalue weighted by molar-refractivity contribution is 0.0594. The van der Waals surface area contributed by atoms with Crippen LogP contribution in [0.5, 0.6) is 0 Å². The standard InChI is InChI=1S/C20H23N3O2/c1-11-7-6-8-12(2)16(11)10-21-19-18-15(13(3)14(4)22-18)9-17(23-19)20(24)25-5/h6-9,22H,10H2,1-5H3,(H,21,23). The summed E-state index contributed by atoms with van der Waals surface area (Å²) < 4.78 is 4.85. The van der Waals surface area contributed by atoms with Crippen LogP contribution < -0.4 is 5.32 Å². The summed E-state index contributed by atoms with van der Waals surface area (Å²) in [6.07, 6.45) is 0. The van der Waals surface area contributed by atoms with E-state index in [1.165, 1.54) is 23.8 Å². The first-order chi connectivity index (χ1) is 11.9. The van der Waals surface area contributed by atoms with Crippen molar-refractivity contribution in [3.8, 4) is 0 Å². The van der Waals surface area contributed by atoms with Crippen LogP contribution in [0.1, 0.15) is 38.4 Å². The molecule has 0 saturated heterocycles. The minimum Gasteiger partial charge on any atom is -0.464 e. The zero-order chi connectivity index (χ0) is 18.1. The summed E-state index contributed by atoms with van der Waals surface area (Å²) in [4.78, 5) is 19.8. The molecule has 0 bridgehead atoms. The van der Waals surface area contributed by atoms with Crippen molar-refractivity contribution in [1.82, 2.24) is 9.97 Å². The molecular formula is C20H23N3O2. The van der Waals surface area contributed by atoms with Gasteiger partial charge in [-0.3, -0.25) is 0 Å². The first kappa shape index (κ1) is 17.0. The molecule has 0 fully saturated rings. The predicted octanol–water partition coefficient (Wildman–Crippen LogP) is 4.20. The maximum Gasteiger partial charge on any atom is 0.356 e. The summed E-state index contributed by atoms with van der Waals surface area (Å²) in [6.45, 7) is 8.89. The van der Waals surface area contributed by atoms with Gasteiger partial charge in [-0.1, -0.05) is 18.2 Å². The topological polar surface area (TPSA) is 67.0 Å². The van der Waals surface area contributed by atoms with Gasteiger partial charge in [-0.25, -0.2) is 9.78 Å². The van der Waals surface area contributed by atoms with Gasteiger partial charge in [0.1, 0.15) is 0 Å². The number of aromatic nitrogens is 2. The van der Waals surface area contributed by atoms with Crippen molar-refractivity contribution >= 4 is 22.7 Å². The van der Waals surface area contributed by atoms with E-state index in [1.807, 2.05) is 13.8 Å². The number of ether oxygens (including phenoxy) is 1. The number of carbonyl (C=O) groups is 1. The second-order valence-electron chi connectivity index (χ2n) is 6.37. The van der Waals surface area contributed by atoms with Crippen LogP contribution in [0.4, 0.5) is 5.82 Å². The van der Waals surface area contributed by atoms with Crippen molar-refractivity contribution in [2.45, 2.75) is 34.2 Å². The number of benzene rings is 1. The number of aromatic amines is 1. The van der Waals surface area contributed by atoms with Crippen molar-refractivity contribution in [3.63, 3.8) is 0 Å². The van der Waals surface area contributed by atoms with Crippen molar-refractivity contribution in [1.29, 1.82) is 0 Å². The third-order valence-corrected chi connectivity index (χ3v) is 4.77. The molecule has 2 N–H and O–H groups in total. The van der Waals surface area contributed by atoms with Gasteiger partial charge in [0.2, 0.25) is 0 Å². The molecule has 0 spiro atoms. The summed E-state index contributed by atoms with van der Waals surface area (Å²) in [5.41, 5.74) is 7.08. The molecule has 5 heteroatoms. The van der Waals surface area contributed by atoms with Gasteiger partial charge in [-0.2, -0.15) is 0 Å². The molecule has 3 aromatic rings. The number of H-pyrrole nitrogens is 1. The van der Waals surface area contributed by atoms with Gasteiger partial charge in [-0.05, 0) is 56.0 Å². The number of carbonyl (C=O) groups excluding carboxylic acids is 1. The van der Waals surface area contributed by atoms with E-state index in [0.717, 1.165) is 22.2 Å². The van der Waals surface area contributed by atoms with Crippen LogP contribution in [0.2, 0.25) is 0 Å². The molecule has 0 aliphatic carbocycles. The number of fused-ring (bicyclic) bond motifs is 1. The highest BCUT2D eigenvalue weighted by molar-refractivity contribution is 5.98. The lowest BCUT2D eigenvalue weighted by Crippen LogP contribution is -2.09. The molecule has 3 rings (SSSR count). The van der Waals surface area contributed by atoms with E-state index in [2.05, 4.69) is 47.3 Å². The first-order valence-electron chi connectivity index (χ1n) is 8.29. The highest BCUT2D eigenvalue weighted by Crippen LogP contribution is 2.28. The Labute approximate surface area is 147 Å². The van der Waals surface area contributed by atoms with Crippen LogP contribution in [-0.4, -0.2) is 23.0 Å². The lowest BCUT2D eigenvalue weighted by atomic mass is 10.0. The van der Waals surface area contributed by atoms with E-state index in [4.69, 9.17) is 4.74 Å². The molecule has 5 nitrogen and oxygen atoms in total. The Morgan fingerprint density at radius 2 is 1.88 bits per heavy atom. The molecule has 0 unspecified atom stereocenters. The van der Waals surface area contributed by atoms with Gasteiger partial charge in [-0.15, -0.1) is 0 Å². The molecule has 2 heterocycles. The lowest BCUT2D eigenvalue weighted by Gasteiger charge is -2.13. The molecule has 0 amide bonds. The third-order valence-electron chi connectivity index (χ3n) is 4.77. The van der Waals surface area contributed by atoms with Gasteiger partial charge in [0.15, 0.2) is 11.5 Å². The monoisotopic (exact) mass is 337 g/mol. The van der Waals surface area contributed by atoms with Crippen LogP contribution in [-0.2, 0) is 11.3 Å². The number of pyridine rings is 1. The van der Waals surface area contributed by atoms with Crippen LogP contribution in [0.3, 0.4) is 0 Å². The average Bonchev–Trinajstić information content (AvgIpc) is 2.88. The fraction of sp³-hybridized carbons (Fsp3) is 0.300. The molecule has 0 aliphatic heterocycles. The zero-order valence-corrected chi connectivity index (χ0v) is 15.3.